The molecule has 0 fully saturated rings. The maximum Gasteiger partial charge on any atom is 0.334 e. The Bertz CT molecular complexity index is 790. The van der Waals surface area contributed by atoms with Crippen LogP contribution in [0.25, 0.3) is 0 Å². The first-order chi connectivity index (χ1) is 11.3. The smallest absolute Gasteiger partial charge is 0.334 e. The van der Waals surface area contributed by atoms with E-state index in [0.29, 0.717) is 32.9 Å². The summed E-state index contributed by atoms with van der Waals surface area (Å²) in [6, 6.07) is 3.28. The fraction of sp³-hybridized carbons (Fsp3) is 0.250. The van der Waals surface area contributed by atoms with E-state index in [9.17, 15) is 19.8 Å². The third-order valence-electron chi connectivity index (χ3n) is 4.02. The Balaban J connectivity index is 2.26. The molecule has 126 valence electrons. The molecule has 0 amide bonds. The number of carboxylic acids is 2. The summed E-state index contributed by atoms with van der Waals surface area (Å²) in [6.07, 6.45) is 0. The molecule has 0 saturated carbocycles. The summed E-state index contributed by atoms with van der Waals surface area (Å²) in [7, 11) is 0. The van der Waals surface area contributed by atoms with Crippen molar-refractivity contribution in [3.8, 4) is 11.5 Å². The third kappa shape index (κ3) is 2.52. The molecule has 7 nitrogen and oxygen atoms in total. The van der Waals surface area contributed by atoms with Gasteiger partial charge in [0.1, 0.15) is 0 Å². The first-order valence-corrected chi connectivity index (χ1v) is 7.84. The molecule has 0 saturated heterocycles. The zero-order valence-corrected chi connectivity index (χ0v) is 14.4. The molecule has 0 spiro atoms. The van der Waals surface area contributed by atoms with Gasteiger partial charge in [0.25, 0.3) is 0 Å². The molecular formula is C16H14BrNO6. The van der Waals surface area contributed by atoms with Crippen molar-refractivity contribution in [3.63, 3.8) is 0 Å². The number of nitrogens with one attached hydrogen (secondary N) is 1. The van der Waals surface area contributed by atoms with E-state index in [-0.39, 0.29) is 17.9 Å². The zero-order valence-electron chi connectivity index (χ0n) is 12.8. The van der Waals surface area contributed by atoms with Crippen LogP contribution in [-0.4, -0.2) is 28.9 Å². The summed E-state index contributed by atoms with van der Waals surface area (Å²) in [5, 5.41) is 22.1. The molecule has 3 rings (SSSR count). The van der Waals surface area contributed by atoms with Crippen LogP contribution in [0.4, 0.5) is 0 Å². The average Bonchev–Trinajstić information content (AvgIpc) is 2.91. The molecule has 8 heteroatoms. The Morgan fingerprint density at radius 2 is 1.58 bits per heavy atom. The number of dihydropyridines is 1. The monoisotopic (exact) mass is 395 g/mol. The normalized spacial score (nSPS) is 17.1. The molecule has 0 aliphatic carbocycles. The standard InChI is InChI=1S/C16H14BrNO6/c1-6-12(15(19)20)14(13(16(21)22)7(2)18-6)8-3-10-11(4-9(8)17)24-5-23-10/h3-4,14,18H,5H2,1-2H3,(H,19,20)(H,21,22). The second kappa shape index (κ2) is 5.86. The third-order valence-corrected chi connectivity index (χ3v) is 4.71. The van der Waals surface area contributed by atoms with Crippen molar-refractivity contribution < 1.29 is 29.3 Å². The van der Waals surface area contributed by atoms with Gasteiger partial charge in [-0.05, 0) is 31.5 Å². The number of ether oxygens (including phenoxy) is 2. The number of fused-ring (bicyclic) bond motifs is 1. The van der Waals surface area contributed by atoms with E-state index in [1.54, 1.807) is 26.0 Å². The summed E-state index contributed by atoms with van der Waals surface area (Å²) in [5.41, 5.74) is 1.27. The number of halogens is 1. The molecule has 2 aliphatic heterocycles. The topological polar surface area (TPSA) is 105 Å². The summed E-state index contributed by atoms with van der Waals surface area (Å²) in [6.45, 7) is 3.29. The predicted molar refractivity (Wildman–Crippen MR) is 86.8 cm³/mol. The second-order valence-corrected chi connectivity index (χ2v) is 6.33. The van der Waals surface area contributed by atoms with Gasteiger partial charge in [-0.2, -0.15) is 0 Å². The minimum Gasteiger partial charge on any atom is -0.478 e. The Hall–Kier alpha value is -2.48. The van der Waals surface area contributed by atoms with Gasteiger partial charge >= 0.3 is 11.9 Å². The quantitative estimate of drug-likeness (QED) is 0.721. The minimum atomic E-state index is -1.18. The lowest BCUT2D eigenvalue weighted by molar-refractivity contribution is -0.133. The van der Waals surface area contributed by atoms with Gasteiger partial charge in [-0.3, -0.25) is 0 Å². The van der Waals surface area contributed by atoms with Crippen molar-refractivity contribution in [2.45, 2.75) is 19.8 Å². The Labute approximate surface area is 145 Å². The van der Waals surface area contributed by atoms with E-state index in [1.807, 2.05) is 0 Å². The van der Waals surface area contributed by atoms with Gasteiger partial charge in [-0.1, -0.05) is 15.9 Å². The number of hydrogen-bond acceptors (Lipinski definition) is 5. The molecule has 3 N–H and O–H groups in total. The molecule has 0 radical (unpaired) electrons. The highest BCUT2D eigenvalue weighted by Gasteiger charge is 2.38. The lowest BCUT2D eigenvalue weighted by Gasteiger charge is -2.29. The number of hydrogen-bond donors (Lipinski definition) is 3. The summed E-state index contributed by atoms with van der Waals surface area (Å²) < 4.78 is 11.2. The Kier molecular flexibility index (Phi) is 4.00. The maximum atomic E-state index is 11.8. The number of aliphatic carboxylic acids is 2. The van der Waals surface area contributed by atoms with E-state index in [0.717, 1.165) is 0 Å². The van der Waals surface area contributed by atoms with Crippen LogP contribution in [0.1, 0.15) is 25.3 Å². The summed E-state index contributed by atoms with van der Waals surface area (Å²) in [4.78, 5) is 23.6. The van der Waals surface area contributed by atoms with Gasteiger partial charge in [-0.25, -0.2) is 9.59 Å². The first kappa shape index (κ1) is 16.4. The van der Waals surface area contributed by atoms with Gasteiger partial charge in [0.05, 0.1) is 17.1 Å². The van der Waals surface area contributed by atoms with Gasteiger partial charge < -0.3 is 25.0 Å². The average molecular weight is 396 g/mol. The summed E-state index contributed by atoms with van der Waals surface area (Å²) >= 11 is 3.39. The molecule has 2 heterocycles. The van der Waals surface area contributed by atoms with Crippen LogP contribution in [0.2, 0.25) is 0 Å². The van der Waals surface area contributed by atoms with Gasteiger partial charge in [0.2, 0.25) is 6.79 Å². The highest BCUT2D eigenvalue weighted by atomic mass is 79.9. The van der Waals surface area contributed by atoms with Gasteiger partial charge in [0, 0.05) is 15.9 Å². The molecular weight excluding hydrogens is 382 g/mol. The number of allylic oxidation sites excluding steroid dienone is 2. The molecule has 0 unspecified atom stereocenters. The van der Waals surface area contributed by atoms with Crippen LogP contribution in [-0.2, 0) is 9.59 Å². The zero-order chi connectivity index (χ0) is 17.6. The predicted octanol–water partition coefficient (Wildman–Crippen LogP) is 2.58. The van der Waals surface area contributed by atoms with Crippen molar-refractivity contribution in [1.29, 1.82) is 0 Å². The van der Waals surface area contributed by atoms with E-state index < -0.39 is 17.9 Å². The van der Waals surface area contributed by atoms with Gasteiger partial charge in [-0.15, -0.1) is 0 Å². The molecule has 1 aromatic carbocycles. The minimum absolute atomic E-state index is 0.0161. The number of benzene rings is 1. The van der Waals surface area contributed by atoms with Gasteiger partial charge in [0.15, 0.2) is 11.5 Å². The molecule has 0 atom stereocenters. The molecule has 24 heavy (non-hydrogen) atoms. The van der Waals surface area contributed by atoms with E-state index in [2.05, 4.69) is 21.2 Å². The van der Waals surface area contributed by atoms with E-state index in [1.165, 1.54) is 0 Å². The van der Waals surface area contributed by atoms with Crippen LogP contribution in [0.3, 0.4) is 0 Å². The highest BCUT2D eigenvalue weighted by molar-refractivity contribution is 9.10. The van der Waals surface area contributed by atoms with Crippen molar-refractivity contribution in [2.75, 3.05) is 6.79 Å². The van der Waals surface area contributed by atoms with Crippen molar-refractivity contribution in [1.82, 2.24) is 5.32 Å². The first-order valence-electron chi connectivity index (χ1n) is 7.05. The number of carboxylic acid groups (broad SMARTS) is 2. The van der Waals surface area contributed by atoms with Crippen molar-refractivity contribution in [2.24, 2.45) is 0 Å². The van der Waals surface area contributed by atoms with Crippen LogP contribution in [0.15, 0.2) is 39.1 Å². The van der Waals surface area contributed by atoms with Crippen LogP contribution in [0.5, 0.6) is 11.5 Å². The van der Waals surface area contributed by atoms with Crippen LogP contribution >= 0.6 is 15.9 Å². The molecule has 2 aliphatic rings. The highest BCUT2D eigenvalue weighted by Crippen LogP contribution is 2.45. The van der Waals surface area contributed by atoms with E-state index >= 15 is 0 Å². The Morgan fingerprint density at radius 1 is 1.08 bits per heavy atom. The second-order valence-electron chi connectivity index (χ2n) is 5.47. The lowest BCUT2D eigenvalue weighted by Crippen LogP contribution is -2.31. The summed E-state index contributed by atoms with van der Waals surface area (Å²) in [5.74, 6) is -2.32. The number of rotatable bonds is 3. The largest absolute Gasteiger partial charge is 0.478 e. The number of carbonyl (C=O) groups is 2. The van der Waals surface area contributed by atoms with Crippen LogP contribution in [0, 0.1) is 0 Å². The van der Waals surface area contributed by atoms with Crippen molar-refractivity contribution >= 4 is 27.9 Å². The van der Waals surface area contributed by atoms with Crippen molar-refractivity contribution in [3.05, 3.63) is 44.7 Å². The fourth-order valence-corrected chi connectivity index (χ4v) is 3.58. The SMILES string of the molecule is CC1=C(C(=O)O)C(c2cc3c(cc2Br)OCO3)C(C(=O)O)=C(C)N1. The Morgan fingerprint density at radius 3 is 2.08 bits per heavy atom. The fourth-order valence-electron chi connectivity index (χ4n) is 3.03. The maximum absolute atomic E-state index is 11.8. The van der Waals surface area contributed by atoms with E-state index in [4.69, 9.17) is 9.47 Å². The molecule has 1 aromatic rings. The molecule has 0 bridgehead atoms. The molecule has 0 aromatic heterocycles. The lowest BCUT2D eigenvalue weighted by atomic mass is 9.80. The van der Waals surface area contributed by atoms with Crippen LogP contribution < -0.4 is 14.8 Å².